The molecule has 7 nitrogen and oxygen atoms in total. The molecule has 7 heteroatoms. The number of aliphatic hydroxyl groups is 1. The van der Waals surface area contributed by atoms with Gasteiger partial charge in [0.2, 0.25) is 5.88 Å². The average Bonchev–Trinajstić information content (AvgIpc) is 2.80. The van der Waals surface area contributed by atoms with Gasteiger partial charge in [-0.05, 0) is 6.07 Å². The van der Waals surface area contributed by atoms with Gasteiger partial charge < -0.3 is 19.8 Å². The number of methoxy groups -OCH3 is 1. The first kappa shape index (κ1) is 13.3. The third-order valence-corrected chi connectivity index (χ3v) is 3.02. The van der Waals surface area contributed by atoms with Crippen LogP contribution in [0.5, 0.6) is 5.88 Å². The Balaban J connectivity index is 2.20. The van der Waals surface area contributed by atoms with Crippen LogP contribution in [0.25, 0.3) is 0 Å². The van der Waals surface area contributed by atoms with Crippen molar-refractivity contribution in [2.45, 2.75) is 18.6 Å². The van der Waals surface area contributed by atoms with E-state index in [2.05, 4.69) is 4.98 Å². The standard InChI is InChI=1S/C12H14N2O5/c1-19-10-3-2-7(5-13-10)11(16)14-6-8(15)4-9(14)12(17)18/h2-3,5,8-9,15H,4,6H2,1H3,(H,17,18)/t8?,9-/m0/s1. The van der Waals surface area contributed by atoms with Gasteiger partial charge in [0.1, 0.15) is 6.04 Å². The van der Waals surface area contributed by atoms with Gasteiger partial charge in [0.05, 0.1) is 18.8 Å². The molecule has 0 spiro atoms. The number of carboxylic acid groups (broad SMARTS) is 1. The van der Waals surface area contributed by atoms with Crippen LogP contribution in [0.1, 0.15) is 16.8 Å². The predicted octanol–water partition coefficient (Wildman–Crippen LogP) is -0.250. The molecule has 0 radical (unpaired) electrons. The van der Waals surface area contributed by atoms with Crippen molar-refractivity contribution in [3.8, 4) is 5.88 Å². The van der Waals surface area contributed by atoms with Crippen molar-refractivity contribution >= 4 is 11.9 Å². The van der Waals surface area contributed by atoms with Crippen molar-refractivity contribution in [3.63, 3.8) is 0 Å². The van der Waals surface area contributed by atoms with Crippen LogP contribution in [0.15, 0.2) is 18.3 Å². The number of ether oxygens (including phenoxy) is 1. The summed E-state index contributed by atoms with van der Waals surface area (Å²) in [5, 5.41) is 18.5. The number of hydrogen-bond acceptors (Lipinski definition) is 5. The number of carbonyl (C=O) groups excluding carboxylic acids is 1. The topological polar surface area (TPSA) is 100.0 Å². The number of hydrogen-bond donors (Lipinski definition) is 2. The SMILES string of the molecule is COc1ccc(C(=O)N2CC(O)C[C@H]2C(=O)O)cn1. The molecule has 1 unspecified atom stereocenters. The van der Waals surface area contributed by atoms with E-state index < -0.39 is 24.0 Å². The number of amides is 1. The van der Waals surface area contributed by atoms with Gasteiger partial charge in [-0.3, -0.25) is 4.79 Å². The van der Waals surface area contributed by atoms with Gasteiger partial charge in [0, 0.05) is 25.2 Å². The molecular formula is C12H14N2O5. The van der Waals surface area contributed by atoms with Crippen molar-refractivity contribution in [1.82, 2.24) is 9.88 Å². The summed E-state index contributed by atoms with van der Waals surface area (Å²) in [5.74, 6) is -1.21. The lowest BCUT2D eigenvalue weighted by atomic mass is 10.2. The van der Waals surface area contributed by atoms with E-state index in [-0.39, 0.29) is 18.5 Å². The molecule has 0 bridgehead atoms. The number of β-amino-alcohol motifs (C(OH)–C–C–N with tert-alkyl or cyclic N) is 1. The number of likely N-dealkylation sites (tertiary alicyclic amines) is 1. The number of carbonyl (C=O) groups is 2. The highest BCUT2D eigenvalue weighted by Gasteiger charge is 2.39. The Bertz CT molecular complexity index is 487. The van der Waals surface area contributed by atoms with Gasteiger partial charge in [-0.2, -0.15) is 0 Å². The number of aliphatic carboxylic acids is 1. The monoisotopic (exact) mass is 266 g/mol. The summed E-state index contributed by atoms with van der Waals surface area (Å²) >= 11 is 0. The molecule has 1 aromatic heterocycles. The highest BCUT2D eigenvalue weighted by atomic mass is 16.5. The highest BCUT2D eigenvalue weighted by Crippen LogP contribution is 2.21. The maximum atomic E-state index is 12.2. The Morgan fingerprint density at radius 3 is 2.74 bits per heavy atom. The molecular weight excluding hydrogens is 252 g/mol. The molecule has 1 aliphatic heterocycles. The molecule has 2 atom stereocenters. The summed E-state index contributed by atoms with van der Waals surface area (Å²) in [6.45, 7) is 0.0157. The summed E-state index contributed by atoms with van der Waals surface area (Å²) in [6, 6.07) is 2.04. The van der Waals surface area contributed by atoms with Crippen LogP contribution < -0.4 is 4.74 Å². The lowest BCUT2D eigenvalue weighted by Crippen LogP contribution is -2.40. The summed E-state index contributed by atoms with van der Waals surface area (Å²) in [4.78, 5) is 28.3. The number of aliphatic hydroxyl groups excluding tert-OH is 1. The molecule has 1 saturated heterocycles. The van der Waals surface area contributed by atoms with E-state index >= 15 is 0 Å². The maximum absolute atomic E-state index is 12.2. The van der Waals surface area contributed by atoms with Crippen molar-refractivity contribution < 1.29 is 24.5 Å². The number of nitrogens with zero attached hydrogens (tertiary/aromatic N) is 2. The summed E-state index contributed by atoms with van der Waals surface area (Å²) < 4.78 is 4.88. The average molecular weight is 266 g/mol. The fraction of sp³-hybridized carbons (Fsp3) is 0.417. The Morgan fingerprint density at radius 1 is 1.47 bits per heavy atom. The number of aromatic nitrogens is 1. The molecule has 19 heavy (non-hydrogen) atoms. The Kier molecular flexibility index (Phi) is 3.66. The van der Waals surface area contributed by atoms with Gasteiger partial charge in [-0.25, -0.2) is 9.78 Å². The lowest BCUT2D eigenvalue weighted by Gasteiger charge is -2.20. The Hall–Kier alpha value is -2.15. The first-order valence-electron chi connectivity index (χ1n) is 5.75. The molecule has 102 valence electrons. The summed E-state index contributed by atoms with van der Waals surface area (Å²) in [6.07, 6.45) is 0.561. The van der Waals surface area contributed by atoms with Gasteiger partial charge >= 0.3 is 5.97 Å². The first-order valence-corrected chi connectivity index (χ1v) is 5.75. The van der Waals surface area contributed by atoms with Gasteiger partial charge in [0.15, 0.2) is 0 Å². The largest absolute Gasteiger partial charge is 0.481 e. The number of pyridine rings is 1. The lowest BCUT2D eigenvalue weighted by molar-refractivity contribution is -0.141. The smallest absolute Gasteiger partial charge is 0.326 e. The molecule has 0 saturated carbocycles. The fourth-order valence-corrected chi connectivity index (χ4v) is 2.07. The zero-order valence-corrected chi connectivity index (χ0v) is 10.3. The molecule has 2 N–H and O–H groups in total. The predicted molar refractivity (Wildman–Crippen MR) is 63.9 cm³/mol. The van der Waals surface area contributed by atoms with Crippen LogP contribution in [-0.4, -0.2) is 57.8 Å². The van der Waals surface area contributed by atoms with E-state index in [4.69, 9.17) is 9.84 Å². The van der Waals surface area contributed by atoms with Crippen LogP contribution in [0.4, 0.5) is 0 Å². The third-order valence-electron chi connectivity index (χ3n) is 3.02. The molecule has 0 aliphatic carbocycles. The van der Waals surface area contributed by atoms with E-state index in [0.717, 1.165) is 4.90 Å². The molecule has 1 amide bonds. The molecule has 1 aliphatic rings. The van der Waals surface area contributed by atoms with Crippen LogP contribution in [0, 0.1) is 0 Å². The normalized spacial score (nSPS) is 22.3. The molecule has 1 aromatic rings. The number of rotatable bonds is 3. The summed E-state index contributed by atoms with van der Waals surface area (Å²) in [5.41, 5.74) is 0.265. The van der Waals surface area contributed by atoms with Gasteiger partial charge in [-0.15, -0.1) is 0 Å². The van der Waals surface area contributed by atoms with E-state index in [1.54, 1.807) is 0 Å². The third kappa shape index (κ3) is 2.65. The van der Waals surface area contributed by atoms with E-state index in [0.29, 0.717) is 5.88 Å². The quantitative estimate of drug-likeness (QED) is 0.782. The highest BCUT2D eigenvalue weighted by molar-refractivity contribution is 5.96. The van der Waals surface area contributed by atoms with Crippen molar-refractivity contribution in [2.24, 2.45) is 0 Å². The zero-order chi connectivity index (χ0) is 14.0. The first-order chi connectivity index (χ1) is 9.02. The minimum Gasteiger partial charge on any atom is -0.481 e. The number of carboxylic acids is 1. The molecule has 2 heterocycles. The van der Waals surface area contributed by atoms with Crippen molar-refractivity contribution in [1.29, 1.82) is 0 Å². The molecule has 1 fully saturated rings. The Morgan fingerprint density at radius 2 is 2.21 bits per heavy atom. The second kappa shape index (κ2) is 5.23. The maximum Gasteiger partial charge on any atom is 0.326 e. The Labute approximate surface area is 109 Å². The zero-order valence-electron chi connectivity index (χ0n) is 10.3. The van der Waals surface area contributed by atoms with Crippen molar-refractivity contribution in [3.05, 3.63) is 23.9 Å². The minimum atomic E-state index is -1.12. The van der Waals surface area contributed by atoms with E-state index in [1.165, 1.54) is 25.4 Å². The van der Waals surface area contributed by atoms with E-state index in [1.807, 2.05) is 0 Å². The van der Waals surface area contributed by atoms with Crippen LogP contribution >= 0.6 is 0 Å². The van der Waals surface area contributed by atoms with Crippen LogP contribution in [-0.2, 0) is 4.79 Å². The second-order valence-corrected chi connectivity index (χ2v) is 4.29. The van der Waals surface area contributed by atoms with Gasteiger partial charge in [0.25, 0.3) is 5.91 Å². The minimum absolute atomic E-state index is 0.0157. The summed E-state index contributed by atoms with van der Waals surface area (Å²) in [7, 11) is 1.46. The van der Waals surface area contributed by atoms with Gasteiger partial charge in [-0.1, -0.05) is 0 Å². The van der Waals surface area contributed by atoms with Crippen LogP contribution in [0.2, 0.25) is 0 Å². The van der Waals surface area contributed by atoms with Crippen molar-refractivity contribution in [2.75, 3.05) is 13.7 Å². The molecule has 2 rings (SSSR count). The second-order valence-electron chi connectivity index (χ2n) is 4.29. The van der Waals surface area contributed by atoms with E-state index in [9.17, 15) is 14.7 Å². The van der Waals surface area contributed by atoms with Crippen LogP contribution in [0.3, 0.4) is 0 Å². The molecule has 0 aromatic carbocycles. The fourth-order valence-electron chi connectivity index (χ4n) is 2.07.